The first-order chi connectivity index (χ1) is 13.9. The summed E-state index contributed by atoms with van der Waals surface area (Å²) in [6.07, 6.45) is 1.04. The molecule has 3 heterocycles. The van der Waals surface area contributed by atoms with Gasteiger partial charge in [0, 0.05) is 37.3 Å². The van der Waals surface area contributed by atoms with Gasteiger partial charge in [-0.15, -0.1) is 5.10 Å². The van der Waals surface area contributed by atoms with Crippen LogP contribution in [0.2, 0.25) is 0 Å². The van der Waals surface area contributed by atoms with E-state index >= 15 is 0 Å². The Morgan fingerprint density at radius 1 is 1.03 bits per heavy atom. The molecule has 1 aliphatic rings. The van der Waals surface area contributed by atoms with E-state index in [1.54, 1.807) is 11.3 Å². The number of aromatic nitrogens is 3. The maximum Gasteiger partial charge on any atom is 0.216 e. The van der Waals surface area contributed by atoms with Crippen molar-refractivity contribution < 1.29 is 0 Å². The summed E-state index contributed by atoms with van der Waals surface area (Å²) in [4.78, 5) is 10.8. The third-order valence-corrected chi connectivity index (χ3v) is 6.38. The topological polar surface area (TPSA) is 48.7 Å². The summed E-state index contributed by atoms with van der Waals surface area (Å²) < 4.78 is 2.00. The Hall–Kier alpha value is -2.12. The van der Waals surface area contributed by atoms with Gasteiger partial charge in [0.15, 0.2) is 5.82 Å². The summed E-state index contributed by atoms with van der Waals surface area (Å²) in [5.74, 6) is 0.978. The van der Waals surface area contributed by atoms with Gasteiger partial charge in [0.25, 0.3) is 0 Å². The number of benzene rings is 1. The highest BCUT2D eigenvalue weighted by Gasteiger charge is 2.25. The summed E-state index contributed by atoms with van der Waals surface area (Å²) in [5, 5.41) is 9.68. The van der Waals surface area contributed by atoms with Crippen LogP contribution < -0.4 is 10.2 Å². The maximum atomic E-state index is 4.99. The van der Waals surface area contributed by atoms with Crippen molar-refractivity contribution in [3.05, 3.63) is 29.8 Å². The van der Waals surface area contributed by atoms with Crippen molar-refractivity contribution in [2.75, 3.05) is 42.9 Å². The van der Waals surface area contributed by atoms with Gasteiger partial charge in [-0.2, -0.15) is 4.52 Å². The molecule has 3 aromatic rings. The van der Waals surface area contributed by atoms with Crippen LogP contribution >= 0.6 is 11.3 Å². The molecule has 1 saturated heterocycles. The highest BCUT2D eigenvalue weighted by Crippen LogP contribution is 2.35. The molecule has 0 unspecified atom stereocenters. The van der Waals surface area contributed by atoms with Crippen molar-refractivity contribution >= 4 is 27.2 Å². The molecular formula is C22H32N6S. The van der Waals surface area contributed by atoms with Crippen molar-refractivity contribution in [2.45, 2.75) is 46.6 Å². The van der Waals surface area contributed by atoms with Gasteiger partial charge in [0.2, 0.25) is 10.1 Å². The molecule has 0 atom stereocenters. The fourth-order valence-electron chi connectivity index (χ4n) is 3.69. The second kappa shape index (κ2) is 7.95. The van der Waals surface area contributed by atoms with Crippen LogP contribution in [0.1, 0.15) is 40.2 Å². The first-order valence-corrected chi connectivity index (χ1v) is 11.4. The number of piperazine rings is 1. The largest absolute Gasteiger partial charge is 0.364 e. The maximum absolute atomic E-state index is 4.99. The number of likely N-dealkylation sites (N-methyl/N-ethyl adjacent to an activating group) is 1. The lowest BCUT2D eigenvalue weighted by Gasteiger charge is -2.33. The minimum Gasteiger partial charge on any atom is -0.364 e. The minimum atomic E-state index is -0.0788. The molecular weight excluding hydrogens is 380 g/mol. The monoisotopic (exact) mass is 412 g/mol. The molecule has 0 radical (unpaired) electrons. The third-order valence-electron chi connectivity index (χ3n) is 5.41. The molecule has 4 rings (SSSR count). The molecule has 0 amide bonds. The van der Waals surface area contributed by atoms with Crippen molar-refractivity contribution in [1.29, 1.82) is 0 Å². The molecule has 2 aromatic heterocycles. The molecule has 156 valence electrons. The van der Waals surface area contributed by atoms with Gasteiger partial charge in [0.05, 0.1) is 0 Å². The summed E-state index contributed by atoms with van der Waals surface area (Å²) in [7, 11) is 0. The van der Waals surface area contributed by atoms with Crippen molar-refractivity contribution in [3.63, 3.8) is 0 Å². The summed E-state index contributed by atoms with van der Waals surface area (Å²) in [5.41, 5.74) is 3.37. The fourth-order valence-corrected chi connectivity index (χ4v) is 4.64. The number of fused-ring (bicyclic) bond motifs is 1. The Balaban J connectivity index is 1.70. The molecule has 1 aliphatic heterocycles. The van der Waals surface area contributed by atoms with E-state index in [9.17, 15) is 0 Å². The van der Waals surface area contributed by atoms with Gasteiger partial charge in [-0.25, -0.2) is 4.98 Å². The zero-order chi connectivity index (χ0) is 20.6. The van der Waals surface area contributed by atoms with Crippen LogP contribution in [-0.2, 0) is 6.42 Å². The highest BCUT2D eigenvalue weighted by atomic mass is 32.1. The second-order valence-corrected chi connectivity index (χ2v) is 9.67. The zero-order valence-corrected chi connectivity index (χ0v) is 19.0. The molecule has 6 nitrogen and oxygen atoms in total. The molecule has 0 spiro atoms. The van der Waals surface area contributed by atoms with Crippen LogP contribution in [0.4, 0.5) is 10.9 Å². The van der Waals surface area contributed by atoms with E-state index in [0.29, 0.717) is 0 Å². The number of imidazole rings is 1. The number of rotatable bonds is 5. The number of aryl methyl sites for hydroxylation is 1. The van der Waals surface area contributed by atoms with Crippen LogP contribution in [0.15, 0.2) is 24.3 Å². The van der Waals surface area contributed by atoms with Crippen molar-refractivity contribution in [3.8, 4) is 11.3 Å². The Morgan fingerprint density at radius 2 is 1.72 bits per heavy atom. The normalized spacial score (nSPS) is 16.0. The van der Waals surface area contributed by atoms with Gasteiger partial charge < -0.3 is 15.1 Å². The van der Waals surface area contributed by atoms with Gasteiger partial charge >= 0.3 is 0 Å². The standard InChI is InChI=1S/C22H32N6S/c1-6-16-8-10-17(11-9-16)18-19(24-22(3,4)5)28-20(23-18)29-21(25-28)27-14-12-26(7-2)13-15-27/h8-11,24H,6-7,12-15H2,1-5H3. The first-order valence-electron chi connectivity index (χ1n) is 10.6. The molecule has 0 bridgehead atoms. The molecule has 1 fully saturated rings. The van der Waals surface area contributed by atoms with Gasteiger partial charge in [-0.3, -0.25) is 0 Å². The predicted molar refractivity (Wildman–Crippen MR) is 123 cm³/mol. The summed E-state index contributed by atoms with van der Waals surface area (Å²) in [6.45, 7) is 16.3. The van der Waals surface area contributed by atoms with E-state index in [1.165, 1.54) is 5.56 Å². The lowest BCUT2D eigenvalue weighted by Crippen LogP contribution is -2.46. The summed E-state index contributed by atoms with van der Waals surface area (Å²) in [6, 6.07) is 8.72. The Labute approximate surface area is 177 Å². The van der Waals surface area contributed by atoms with Crippen LogP contribution in [-0.4, -0.2) is 57.8 Å². The van der Waals surface area contributed by atoms with Crippen molar-refractivity contribution in [1.82, 2.24) is 19.5 Å². The zero-order valence-electron chi connectivity index (χ0n) is 18.2. The smallest absolute Gasteiger partial charge is 0.216 e. The quantitative estimate of drug-likeness (QED) is 0.674. The van der Waals surface area contributed by atoms with E-state index in [2.05, 4.69) is 74.0 Å². The number of anilines is 2. The van der Waals surface area contributed by atoms with E-state index < -0.39 is 0 Å². The van der Waals surface area contributed by atoms with E-state index in [1.807, 2.05) is 4.52 Å². The lowest BCUT2D eigenvalue weighted by atomic mass is 10.1. The van der Waals surface area contributed by atoms with Gasteiger partial charge in [0.1, 0.15) is 5.69 Å². The number of hydrogen-bond donors (Lipinski definition) is 1. The molecule has 29 heavy (non-hydrogen) atoms. The average Bonchev–Trinajstić information content (AvgIpc) is 3.26. The van der Waals surface area contributed by atoms with Crippen LogP contribution in [0.3, 0.4) is 0 Å². The van der Waals surface area contributed by atoms with Gasteiger partial charge in [-0.05, 0) is 39.3 Å². The molecule has 1 aromatic carbocycles. The Morgan fingerprint density at radius 3 is 2.31 bits per heavy atom. The molecule has 0 saturated carbocycles. The van der Waals surface area contributed by atoms with Crippen LogP contribution in [0, 0.1) is 0 Å². The SMILES string of the molecule is CCc1ccc(-c2nc3sc(N4CCN(CC)CC4)nn3c2NC(C)(C)C)cc1. The number of hydrogen-bond acceptors (Lipinski definition) is 6. The number of nitrogens with zero attached hydrogens (tertiary/aromatic N) is 5. The number of nitrogens with one attached hydrogen (secondary N) is 1. The van der Waals surface area contributed by atoms with Crippen molar-refractivity contribution in [2.24, 2.45) is 0 Å². The second-order valence-electron chi connectivity index (χ2n) is 8.73. The third kappa shape index (κ3) is 4.26. The van der Waals surface area contributed by atoms with E-state index in [4.69, 9.17) is 10.1 Å². The minimum absolute atomic E-state index is 0.0788. The van der Waals surface area contributed by atoms with E-state index in [0.717, 1.165) is 66.3 Å². The molecule has 1 N–H and O–H groups in total. The van der Waals surface area contributed by atoms with Crippen LogP contribution in [0.25, 0.3) is 16.2 Å². The molecule has 0 aliphatic carbocycles. The van der Waals surface area contributed by atoms with Crippen LogP contribution in [0.5, 0.6) is 0 Å². The summed E-state index contributed by atoms with van der Waals surface area (Å²) >= 11 is 1.68. The lowest BCUT2D eigenvalue weighted by molar-refractivity contribution is 0.271. The van der Waals surface area contributed by atoms with E-state index in [-0.39, 0.29) is 5.54 Å². The Bertz CT molecular complexity index is 958. The van der Waals surface area contributed by atoms with Gasteiger partial charge in [-0.1, -0.05) is 49.4 Å². The first kappa shape index (κ1) is 20.2. The highest BCUT2D eigenvalue weighted by molar-refractivity contribution is 7.20. The predicted octanol–water partition coefficient (Wildman–Crippen LogP) is 4.37. The molecule has 7 heteroatoms. The Kier molecular flexibility index (Phi) is 5.53. The average molecular weight is 413 g/mol. The fraction of sp³-hybridized carbons (Fsp3) is 0.545.